The fourth-order valence-corrected chi connectivity index (χ4v) is 2.35. The Morgan fingerprint density at radius 3 is 2.62 bits per heavy atom. The van der Waals surface area contributed by atoms with Crippen LogP contribution in [0.15, 0.2) is 30.3 Å². The molecule has 2 atom stereocenters. The number of likely N-dealkylation sites (tertiary alicyclic amines) is 1. The standard InChI is InChI=1S/C15H20N2O4/c1-16(2)14(19)13-12(18)8-9-17(13)15(20)21-10-11-6-4-3-5-7-11/h3-7,12-13,18H,8-10H2,1-2H3/t12?,13-/m0/s1. The van der Waals surface area contributed by atoms with Crippen LogP contribution in [0, 0.1) is 0 Å². The van der Waals surface area contributed by atoms with Gasteiger partial charge < -0.3 is 14.7 Å². The maximum absolute atomic E-state index is 12.1. The number of carbonyl (C=O) groups excluding carboxylic acids is 2. The van der Waals surface area contributed by atoms with E-state index in [2.05, 4.69) is 0 Å². The number of likely N-dealkylation sites (N-methyl/N-ethyl adjacent to an activating group) is 1. The van der Waals surface area contributed by atoms with Gasteiger partial charge in [-0.25, -0.2) is 4.79 Å². The molecule has 1 saturated heterocycles. The molecule has 6 heteroatoms. The first-order chi connectivity index (χ1) is 10.0. The monoisotopic (exact) mass is 292 g/mol. The van der Waals surface area contributed by atoms with Gasteiger partial charge in [0, 0.05) is 20.6 Å². The van der Waals surface area contributed by atoms with E-state index in [1.807, 2.05) is 30.3 Å². The SMILES string of the molecule is CN(C)C(=O)[C@@H]1C(O)CCN1C(=O)OCc1ccccc1. The van der Waals surface area contributed by atoms with Crippen molar-refractivity contribution in [2.24, 2.45) is 0 Å². The summed E-state index contributed by atoms with van der Waals surface area (Å²) in [5.74, 6) is -0.295. The third kappa shape index (κ3) is 3.52. The van der Waals surface area contributed by atoms with Gasteiger partial charge in [0.15, 0.2) is 0 Å². The van der Waals surface area contributed by atoms with E-state index >= 15 is 0 Å². The molecule has 6 nitrogen and oxygen atoms in total. The van der Waals surface area contributed by atoms with E-state index in [1.54, 1.807) is 14.1 Å². The van der Waals surface area contributed by atoms with Crippen LogP contribution in [-0.2, 0) is 16.1 Å². The number of aliphatic hydroxyl groups excluding tert-OH is 1. The normalized spacial score (nSPS) is 21.2. The van der Waals surface area contributed by atoms with Crippen LogP contribution < -0.4 is 0 Å². The van der Waals surface area contributed by atoms with Crippen LogP contribution in [0.4, 0.5) is 4.79 Å². The van der Waals surface area contributed by atoms with Crippen LogP contribution in [0.1, 0.15) is 12.0 Å². The molecule has 21 heavy (non-hydrogen) atoms. The molecular formula is C15H20N2O4. The largest absolute Gasteiger partial charge is 0.445 e. The van der Waals surface area contributed by atoms with E-state index in [9.17, 15) is 14.7 Å². The summed E-state index contributed by atoms with van der Waals surface area (Å²) in [6, 6.07) is 8.46. The Labute approximate surface area is 123 Å². The average molecular weight is 292 g/mol. The van der Waals surface area contributed by atoms with Crippen LogP contribution in [-0.4, -0.2) is 59.7 Å². The van der Waals surface area contributed by atoms with Crippen molar-refractivity contribution in [3.8, 4) is 0 Å². The van der Waals surface area contributed by atoms with Crippen molar-refractivity contribution in [3.05, 3.63) is 35.9 Å². The maximum atomic E-state index is 12.1. The Balaban J connectivity index is 1.99. The lowest BCUT2D eigenvalue weighted by molar-refractivity contribution is -0.135. The molecule has 1 aliphatic heterocycles. The summed E-state index contributed by atoms with van der Waals surface area (Å²) in [6.07, 6.45) is -1.04. The fraction of sp³-hybridized carbons (Fsp3) is 0.467. The molecular weight excluding hydrogens is 272 g/mol. The lowest BCUT2D eigenvalue weighted by Crippen LogP contribution is -2.49. The third-order valence-electron chi connectivity index (χ3n) is 3.50. The minimum absolute atomic E-state index is 0.148. The van der Waals surface area contributed by atoms with E-state index in [0.717, 1.165) is 5.56 Å². The average Bonchev–Trinajstić information content (AvgIpc) is 2.86. The number of amides is 2. The van der Waals surface area contributed by atoms with Crippen molar-refractivity contribution in [1.29, 1.82) is 0 Å². The van der Waals surface area contributed by atoms with Gasteiger partial charge in [-0.05, 0) is 12.0 Å². The van der Waals surface area contributed by atoms with Crippen molar-refractivity contribution >= 4 is 12.0 Å². The summed E-state index contributed by atoms with van der Waals surface area (Å²) in [7, 11) is 3.20. The second-order valence-electron chi connectivity index (χ2n) is 5.27. The highest BCUT2D eigenvalue weighted by molar-refractivity contribution is 5.86. The van der Waals surface area contributed by atoms with Crippen LogP contribution in [0.3, 0.4) is 0 Å². The summed E-state index contributed by atoms with van der Waals surface area (Å²) in [5.41, 5.74) is 0.876. The number of benzene rings is 1. The predicted octanol–water partition coefficient (Wildman–Crippen LogP) is 0.847. The molecule has 114 valence electrons. The zero-order chi connectivity index (χ0) is 15.4. The molecule has 1 heterocycles. The lowest BCUT2D eigenvalue weighted by Gasteiger charge is -2.27. The van der Waals surface area contributed by atoms with E-state index in [4.69, 9.17) is 4.74 Å². The fourth-order valence-electron chi connectivity index (χ4n) is 2.35. The van der Waals surface area contributed by atoms with Crippen molar-refractivity contribution in [1.82, 2.24) is 9.80 Å². The molecule has 0 radical (unpaired) electrons. The molecule has 2 rings (SSSR count). The number of nitrogens with zero attached hydrogens (tertiary/aromatic N) is 2. The quantitative estimate of drug-likeness (QED) is 0.896. The molecule has 1 aliphatic rings. The van der Waals surface area contributed by atoms with Crippen LogP contribution in [0.2, 0.25) is 0 Å². The summed E-state index contributed by atoms with van der Waals surface area (Å²) >= 11 is 0. The minimum atomic E-state index is -0.858. The highest BCUT2D eigenvalue weighted by atomic mass is 16.6. The molecule has 1 fully saturated rings. The number of aliphatic hydroxyl groups is 1. The Kier molecular flexibility index (Phi) is 4.80. The van der Waals surface area contributed by atoms with E-state index in [0.29, 0.717) is 13.0 Å². The smallest absolute Gasteiger partial charge is 0.410 e. The van der Waals surface area contributed by atoms with Crippen molar-refractivity contribution in [2.45, 2.75) is 25.2 Å². The van der Waals surface area contributed by atoms with Crippen molar-refractivity contribution in [3.63, 3.8) is 0 Å². The molecule has 0 aliphatic carbocycles. The second kappa shape index (κ2) is 6.58. The molecule has 1 N–H and O–H groups in total. The van der Waals surface area contributed by atoms with E-state index < -0.39 is 18.2 Å². The van der Waals surface area contributed by atoms with Gasteiger partial charge in [-0.1, -0.05) is 30.3 Å². The first kappa shape index (κ1) is 15.3. The molecule has 1 aromatic rings. The van der Waals surface area contributed by atoms with Crippen molar-refractivity contribution in [2.75, 3.05) is 20.6 Å². The molecule has 1 aromatic carbocycles. The summed E-state index contributed by atoms with van der Waals surface area (Å²) in [4.78, 5) is 26.9. The highest BCUT2D eigenvalue weighted by Gasteiger charge is 2.42. The van der Waals surface area contributed by atoms with E-state index in [1.165, 1.54) is 9.80 Å². The Morgan fingerprint density at radius 1 is 1.33 bits per heavy atom. The molecule has 0 spiro atoms. The van der Waals surface area contributed by atoms with Gasteiger partial charge in [0.1, 0.15) is 12.6 Å². The number of hydrogen-bond acceptors (Lipinski definition) is 4. The van der Waals surface area contributed by atoms with E-state index in [-0.39, 0.29) is 12.5 Å². The number of ether oxygens (including phenoxy) is 1. The molecule has 0 saturated carbocycles. The topological polar surface area (TPSA) is 70.1 Å². The molecule has 0 aromatic heterocycles. The van der Waals surface area contributed by atoms with Gasteiger partial charge in [-0.2, -0.15) is 0 Å². The number of hydrogen-bond donors (Lipinski definition) is 1. The number of rotatable bonds is 3. The first-order valence-electron chi connectivity index (χ1n) is 6.87. The number of carbonyl (C=O) groups is 2. The van der Waals surface area contributed by atoms with Crippen LogP contribution in [0.25, 0.3) is 0 Å². The zero-order valence-corrected chi connectivity index (χ0v) is 12.2. The van der Waals surface area contributed by atoms with Crippen molar-refractivity contribution < 1.29 is 19.4 Å². The molecule has 2 amide bonds. The minimum Gasteiger partial charge on any atom is -0.445 e. The molecule has 1 unspecified atom stereocenters. The Hall–Kier alpha value is -2.08. The van der Waals surface area contributed by atoms with Crippen LogP contribution >= 0.6 is 0 Å². The first-order valence-corrected chi connectivity index (χ1v) is 6.87. The van der Waals surface area contributed by atoms with Gasteiger partial charge in [0.25, 0.3) is 0 Å². The molecule has 0 bridgehead atoms. The Bertz CT molecular complexity index is 504. The third-order valence-corrected chi connectivity index (χ3v) is 3.50. The van der Waals surface area contributed by atoms with Gasteiger partial charge in [0.05, 0.1) is 6.10 Å². The second-order valence-corrected chi connectivity index (χ2v) is 5.27. The van der Waals surface area contributed by atoms with Gasteiger partial charge >= 0.3 is 6.09 Å². The predicted molar refractivity (Wildman–Crippen MR) is 76.4 cm³/mol. The summed E-state index contributed by atoms with van der Waals surface area (Å²) in [5, 5.41) is 9.92. The van der Waals surface area contributed by atoms with Crippen LogP contribution in [0.5, 0.6) is 0 Å². The van der Waals surface area contributed by atoms with Gasteiger partial charge in [-0.3, -0.25) is 9.69 Å². The Morgan fingerprint density at radius 2 is 2.00 bits per heavy atom. The summed E-state index contributed by atoms with van der Waals surface area (Å²) in [6.45, 7) is 0.466. The zero-order valence-electron chi connectivity index (χ0n) is 12.2. The van der Waals surface area contributed by atoms with Gasteiger partial charge in [0.2, 0.25) is 5.91 Å². The summed E-state index contributed by atoms with van der Waals surface area (Å²) < 4.78 is 5.23. The lowest BCUT2D eigenvalue weighted by atomic mass is 10.1. The highest BCUT2D eigenvalue weighted by Crippen LogP contribution is 2.21. The maximum Gasteiger partial charge on any atom is 0.410 e. The van der Waals surface area contributed by atoms with Gasteiger partial charge in [-0.15, -0.1) is 0 Å².